The monoisotopic (exact) mass is 474 g/mol. The van der Waals surface area contributed by atoms with Gasteiger partial charge in [-0.15, -0.1) is 0 Å². The van der Waals surface area contributed by atoms with Crippen molar-refractivity contribution in [2.24, 2.45) is 10.8 Å². The third-order valence-electron chi connectivity index (χ3n) is 4.59. The van der Waals surface area contributed by atoms with Gasteiger partial charge in [0.15, 0.2) is 0 Å². The predicted molar refractivity (Wildman–Crippen MR) is 112 cm³/mol. The average molecular weight is 474 g/mol. The van der Waals surface area contributed by atoms with Crippen molar-refractivity contribution in [2.75, 3.05) is 13.2 Å². The zero-order valence-electron chi connectivity index (χ0n) is 19.5. The first-order valence-corrected chi connectivity index (χ1v) is 10.4. The van der Waals surface area contributed by atoms with Gasteiger partial charge in [0.2, 0.25) is 0 Å². The van der Waals surface area contributed by atoms with E-state index in [2.05, 4.69) is 11.8 Å². The molecule has 0 saturated carbocycles. The van der Waals surface area contributed by atoms with Crippen molar-refractivity contribution in [2.45, 2.75) is 72.6 Å². The summed E-state index contributed by atoms with van der Waals surface area (Å²) in [5, 5.41) is 0. The van der Waals surface area contributed by atoms with E-state index in [0.29, 0.717) is 10.8 Å². The van der Waals surface area contributed by atoms with Crippen LogP contribution >= 0.6 is 0 Å². The molecule has 1 fully saturated rings. The molecule has 8 nitrogen and oxygen atoms in total. The molecule has 11 heteroatoms. The number of aromatic amines is 1. The predicted octanol–water partition coefficient (Wildman–Crippen LogP) is 2.87. The Morgan fingerprint density at radius 3 is 2.39 bits per heavy atom. The number of ether oxygens (including phenoxy) is 3. The maximum atomic E-state index is 13.2. The average Bonchev–Trinajstić information content (AvgIpc) is 3.03. The number of nitrogens with one attached hydrogen (secondary N) is 1. The molecule has 0 aromatic carbocycles. The summed E-state index contributed by atoms with van der Waals surface area (Å²) in [6.07, 6.45) is -7.29. The molecular weight excluding hydrogens is 445 g/mol. The van der Waals surface area contributed by atoms with Crippen LogP contribution in [0.1, 0.15) is 59.8 Å². The lowest BCUT2D eigenvalue weighted by atomic mass is 9.97. The first-order valence-electron chi connectivity index (χ1n) is 10.4. The van der Waals surface area contributed by atoms with Crippen molar-refractivity contribution >= 4 is 5.97 Å². The van der Waals surface area contributed by atoms with Gasteiger partial charge in [0, 0.05) is 18.0 Å². The highest BCUT2D eigenvalue weighted by Gasteiger charge is 2.41. The molecule has 0 unspecified atom stereocenters. The number of alkyl halides is 3. The van der Waals surface area contributed by atoms with Gasteiger partial charge in [-0.25, -0.2) is 4.79 Å². The number of rotatable bonds is 5. The van der Waals surface area contributed by atoms with Crippen molar-refractivity contribution < 1.29 is 32.2 Å². The van der Waals surface area contributed by atoms with Crippen molar-refractivity contribution in [3.63, 3.8) is 0 Å². The van der Waals surface area contributed by atoms with E-state index in [0.717, 1.165) is 0 Å². The summed E-state index contributed by atoms with van der Waals surface area (Å²) >= 11 is 0. The summed E-state index contributed by atoms with van der Waals surface area (Å²) in [6.45, 7) is 10.6. The normalized spacial score (nSPS) is 21.4. The van der Waals surface area contributed by atoms with E-state index in [9.17, 15) is 27.6 Å². The highest BCUT2D eigenvalue weighted by atomic mass is 19.4. The maximum absolute atomic E-state index is 13.2. The number of carbonyl (C=O) groups excluding carboxylic acids is 1. The van der Waals surface area contributed by atoms with Gasteiger partial charge < -0.3 is 14.2 Å². The van der Waals surface area contributed by atoms with Gasteiger partial charge in [0.05, 0.1) is 11.5 Å². The number of aromatic nitrogens is 2. The highest BCUT2D eigenvalue weighted by molar-refractivity contribution is 5.75. The Hall–Kier alpha value is -2.58. The summed E-state index contributed by atoms with van der Waals surface area (Å²) < 4.78 is 56.9. The second-order valence-corrected chi connectivity index (χ2v) is 9.82. The lowest BCUT2D eigenvalue weighted by Gasteiger charge is -2.21. The van der Waals surface area contributed by atoms with Crippen molar-refractivity contribution in [1.29, 1.82) is 0 Å². The lowest BCUT2D eigenvalue weighted by molar-refractivity contribution is -0.160. The van der Waals surface area contributed by atoms with Crippen LogP contribution in [-0.2, 0) is 25.2 Å². The minimum atomic E-state index is -4.96. The van der Waals surface area contributed by atoms with E-state index in [4.69, 9.17) is 14.2 Å². The molecule has 1 N–H and O–H groups in total. The Bertz CT molecular complexity index is 1030. The molecule has 1 aliphatic heterocycles. The standard InChI is InChI=1S/C22H29F3N2O6/c1-20(2,3)8-7-9-31-14-10-16(33-15(14)12-32-18(29)21(4,5)6)27-11-13(22(23,24)25)17(28)26-19(27)30/h11,14-16H,9-10,12H2,1-6H3,(H,26,28,30)/t14-,15+,16+/m0/s1. The molecule has 184 valence electrons. The van der Waals surface area contributed by atoms with E-state index in [-0.39, 0.29) is 25.0 Å². The van der Waals surface area contributed by atoms with E-state index in [1.165, 1.54) is 0 Å². The molecule has 33 heavy (non-hydrogen) atoms. The number of carbonyl (C=O) groups is 1. The third kappa shape index (κ3) is 7.47. The fraction of sp³-hybridized carbons (Fsp3) is 0.682. The fourth-order valence-corrected chi connectivity index (χ4v) is 2.92. The topological polar surface area (TPSA) is 99.6 Å². The number of H-pyrrole nitrogens is 1. The summed E-state index contributed by atoms with van der Waals surface area (Å²) in [7, 11) is 0. The molecule has 1 saturated heterocycles. The molecule has 2 rings (SSSR count). The van der Waals surface area contributed by atoms with Crippen LogP contribution in [0.3, 0.4) is 0 Å². The molecule has 0 bridgehead atoms. The Balaban J connectivity index is 2.27. The summed E-state index contributed by atoms with van der Waals surface area (Å²) in [5.41, 5.74) is -5.15. The Morgan fingerprint density at radius 2 is 1.85 bits per heavy atom. The largest absolute Gasteiger partial charge is 0.462 e. The van der Waals surface area contributed by atoms with E-state index < -0.39 is 52.8 Å². The van der Waals surface area contributed by atoms with Crippen LogP contribution in [0.2, 0.25) is 0 Å². The van der Waals surface area contributed by atoms with Gasteiger partial charge in [-0.05, 0) is 41.5 Å². The first-order chi connectivity index (χ1) is 15.0. The molecule has 1 aromatic rings. The van der Waals surface area contributed by atoms with E-state index in [1.807, 2.05) is 20.8 Å². The summed E-state index contributed by atoms with van der Waals surface area (Å²) in [5.74, 6) is 5.36. The van der Waals surface area contributed by atoms with Crippen LogP contribution in [0.15, 0.2) is 15.8 Å². The van der Waals surface area contributed by atoms with Crippen LogP contribution < -0.4 is 11.2 Å². The van der Waals surface area contributed by atoms with Crippen LogP contribution in [0, 0.1) is 22.7 Å². The van der Waals surface area contributed by atoms with Gasteiger partial charge in [-0.2, -0.15) is 13.2 Å². The van der Waals surface area contributed by atoms with E-state index in [1.54, 1.807) is 25.8 Å². The molecule has 2 heterocycles. The summed E-state index contributed by atoms with van der Waals surface area (Å²) in [4.78, 5) is 37.6. The molecule has 1 aromatic heterocycles. The smallest absolute Gasteiger partial charge is 0.423 e. The van der Waals surface area contributed by atoms with Gasteiger partial charge in [-0.1, -0.05) is 11.8 Å². The third-order valence-corrected chi connectivity index (χ3v) is 4.59. The lowest BCUT2D eigenvalue weighted by Crippen LogP contribution is -2.36. The molecule has 0 aliphatic carbocycles. The van der Waals surface area contributed by atoms with Crippen molar-refractivity contribution in [3.8, 4) is 11.8 Å². The van der Waals surface area contributed by atoms with Crippen molar-refractivity contribution in [1.82, 2.24) is 9.55 Å². The SMILES string of the molecule is CC(C)(C)C#CCO[C@H]1C[C@H](n2cc(C(F)(F)F)c(=O)[nH]c2=O)O[C@@H]1COC(=O)C(C)(C)C. The quantitative estimate of drug-likeness (QED) is 0.521. The van der Waals surface area contributed by atoms with Crippen molar-refractivity contribution in [3.05, 3.63) is 32.6 Å². The summed E-state index contributed by atoms with van der Waals surface area (Å²) in [6, 6.07) is 0. The van der Waals surface area contributed by atoms with Gasteiger partial charge >= 0.3 is 17.8 Å². The van der Waals surface area contributed by atoms with Crippen LogP contribution in [0.5, 0.6) is 0 Å². The second-order valence-electron chi connectivity index (χ2n) is 9.82. The molecule has 0 spiro atoms. The van der Waals surface area contributed by atoms with Crippen LogP contribution in [0.25, 0.3) is 0 Å². The molecule has 3 atom stereocenters. The van der Waals surface area contributed by atoms with E-state index >= 15 is 0 Å². The fourth-order valence-electron chi connectivity index (χ4n) is 2.92. The van der Waals surface area contributed by atoms with Gasteiger partial charge in [-0.3, -0.25) is 19.1 Å². The first kappa shape index (κ1) is 26.7. The number of halogens is 3. The zero-order valence-corrected chi connectivity index (χ0v) is 19.5. The molecule has 0 radical (unpaired) electrons. The zero-order chi connectivity index (χ0) is 25.2. The number of hydrogen-bond acceptors (Lipinski definition) is 6. The minimum Gasteiger partial charge on any atom is -0.462 e. The Labute approximate surface area is 189 Å². The Kier molecular flexibility index (Phi) is 7.86. The highest BCUT2D eigenvalue weighted by Crippen LogP contribution is 2.32. The number of hydrogen-bond donors (Lipinski definition) is 1. The maximum Gasteiger partial charge on any atom is 0.423 e. The van der Waals surface area contributed by atoms with Crippen LogP contribution in [0.4, 0.5) is 13.2 Å². The molecule has 1 aliphatic rings. The molecule has 0 amide bonds. The van der Waals surface area contributed by atoms with Gasteiger partial charge in [0.25, 0.3) is 5.56 Å². The van der Waals surface area contributed by atoms with Gasteiger partial charge in [0.1, 0.15) is 31.1 Å². The Morgan fingerprint density at radius 1 is 1.21 bits per heavy atom. The number of esters is 1. The second kappa shape index (κ2) is 9.73. The van der Waals surface area contributed by atoms with Crippen LogP contribution in [-0.4, -0.2) is 40.9 Å². The minimum absolute atomic E-state index is 0.00998. The molecular formula is C22H29F3N2O6. The number of nitrogens with zero attached hydrogens (tertiary/aromatic N) is 1.